The second-order valence-corrected chi connectivity index (χ2v) is 5.75. The zero-order valence-corrected chi connectivity index (χ0v) is 13.6. The predicted molar refractivity (Wildman–Crippen MR) is 84.3 cm³/mol. The number of hydrogen-bond acceptors (Lipinski definition) is 4. The third kappa shape index (κ3) is 6.07. The van der Waals surface area contributed by atoms with Crippen molar-refractivity contribution in [3.8, 4) is 5.75 Å². The van der Waals surface area contributed by atoms with Gasteiger partial charge in [-0.2, -0.15) is 0 Å². The van der Waals surface area contributed by atoms with E-state index in [-0.39, 0.29) is 12.4 Å². The minimum absolute atomic E-state index is 0. The van der Waals surface area contributed by atoms with Crippen LogP contribution in [-0.4, -0.2) is 22.3 Å². The summed E-state index contributed by atoms with van der Waals surface area (Å²) in [4.78, 5) is 4.26. The normalized spacial score (nSPS) is 14.3. The van der Waals surface area contributed by atoms with Crippen LogP contribution in [0, 0.1) is 5.92 Å². The molecule has 116 valence electrons. The van der Waals surface area contributed by atoms with Gasteiger partial charge >= 0.3 is 0 Å². The van der Waals surface area contributed by atoms with Crippen LogP contribution >= 0.6 is 12.4 Å². The lowest BCUT2D eigenvalue weighted by Gasteiger charge is -2.25. The van der Waals surface area contributed by atoms with Crippen molar-refractivity contribution in [1.82, 2.24) is 4.98 Å². The van der Waals surface area contributed by atoms with Crippen molar-refractivity contribution in [3.63, 3.8) is 0 Å². The Labute approximate surface area is 128 Å². The lowest BCUT2D eigenvalue weighted by Crippen LogP contribution is -2.35. The highest BCUT2D eigenvalue weighted by atomic mass is 35.5. The zero-order chi connectivity index (χ0) is 14.5. The molecule has 2 unspecified atom stereocenters. The SMILES string of the molecule is CCCC(C)COc1ccc(C(N)C(C)(C)O)nc1.Cl. The van der Waals surface area contributed by atoms with Gasteiger partial charge in [-0.15, -0.1) is 12.4 Å². The highest BCUT2D eigenvalue weighted by Crippen LogP contribution is 2.22. The number of pyridine rings is 1. The first kappa shape index (κ1) is 19.2. The minimum Gasteiger partial charge on any atom is -0.492 e. The highest BCUT2D eigenvalue weighted by molar-refractivity contribution is 5.85. The van der Waals surface area contributed by atoms with Gasteiger partial charge in [0.1, 0.15) is 5.75 Å². The van der Waals surface area contributed by atoms with Gasteiger partial charge in [-0.1, -0.05) is 20.3 Å². The number of ether oxygens (including phenoxy) is 1. The first-order valence-electron chi connectivity index (χ1n) is 6.91. The van der Waals surface area contributed by atoms with Crippen molar-refractivity contribution in [2.45, 2.75) is 52.2 Å². The van der Waals surface area contributed by atoms with Crippen molar-refractivity contribution in [2.75, 3.05) is 6.61 Å². The Kier molecular flexibility index (Phi) is 8.09. The van der Waals surface area contributed by atoms with E-state index in [2.05, 4.69) is 18.8 Å². The lowest BCUT2D eigenvalue weighted by molar-refractivity contribution is 0.0503. The molecule has 3 N–H and O–H groups in total. The molecule has 0 aliphatic heterocycles. The zero-order valence-electron chi connectivity index (χ0n) is 12.8. The van der Waals surface area contributed by atoms with Gasteiger partial charge in [0.25, 0.3) is 0 Å². The van der Waals surface area contributed by atoms with E-state index in [1.54, 1.807) is 20.0 Å². The molecule has 4 nitrogen and oxygen atoms in total. The Balaban J connectivity index is 0.00000361. The fourth-order valence-corrected chi connectivity index (χ4v) is 1.84. The van der Waals surface area contributed by atoms with Crippen LogP contribution < -0.4 is 10.5 Å². The van der Waals surface area contributed by atoms with Crippen LogP contribution in [0.5, 0.6) is 5.75 Å². The molecule has 1 aromatic rings. The second-order valence-electron chi connectivity index (χ2n) is 5.75. The molecule has 0 aromatic carbocycles. The molecule has 0 saturated heterocycles. The summed E-state index contributed by atoms with van der Waals surface area (Å²) in [7, 11) is 0. The monoisotopic (exact) mass is 302 g/mol. The Morgan fingerprint density at radius 1 is 1.40 bits per heavy atom. The number of rotatable bonds is 7. The van der Waals surface area contributed by atoms with Crippen LogP contribution in [0.2, 0.25) is 0 Å². The summed E-state index contributed by atoms with van der Waals surface area (Å²) in [5.74, 6) is 1.29. The van der Waals surface area contributed by atoms with Crippen LogP contribution in [0.15, 0.2) is 18.3 Å². The average Bonchev–Trinajstić information content (AvgIpc) is 2.35. The van der Waals surface area contributed by atoms with E-state index in [0.717, 1.165) is 12.2 Å². The number of aromatic nitrogens is 1. The van der Waals surface area contributed by atoms with E-state index in [4.69, 9.17) is 10.5 Å². The van der Waals surface area contributed by atoms with Gasteiger partial charge in [-0.05, 0) is 38.3 Å². The lowest BCUT2D eigenvalue weighted by atomic mass is 9.96. The summed E-state index contributed by atoms with van der Waals surface area (Å²) in [5, 5.41) is 9.85. The fraction of sp³-hybridized carbons (Fsp3) is 0.667. The van der Waals surface area contributed by atoms with E-state index >= 15 is 0 Å². The third-order valence-corrected chi connectivity index (χ3v) is 3.15. The summed E-state index contributed by atoms with van der Waals surface area (Å²) in [6, 6.07) is 3.16. The van der Waals surface area contributed by atoms with Gasteiger partial charge in [0.05, 0.1) is 30.1 Å². The van der Waals surface area contributed by atoms with Crippen LogP contribution in [-0.2, 0) is 0 Å². The largest absolute Gasteiger partial charge is 0.492 e. The average molecular weight is 303 g/mol. The van der Waals surface area contributed by atoms with Crippen molar-refractivity contribution in [3.05, 3.63) is 24.0 Å². The Morgan fingerprint density at radius 2 is 2.05 bits per heavy atom. The molecule has 5 heteroatoms. The molecule has 1 rings (SSSR count). The molecule has 0 aliphatic rings. The molecule has 1 heterocycles. The second kappa shape index (κ2) is 8.45. The molecule has 0 amide bonds. The highest BCUT2D eigenvalue weighted by Gasteiger charge is 2.25. The van der Waals surface area contributed by atoms with Gasteiger partial charge in [-0.25, -0.2) is 0 Å². The maximum atomic E-state index is 9.85. The molecule has 0 radical (unpaired) electrons. The Morgan fingerprint density at radius 3 is 2.50 bits per heavy atom. The molecule has 0 fully saturated rings. The van der Waals surface area contributed by atoms with E-state index in [1.165, 1.54) is 6.42 Å². The first-order chi connectivity index (χ1) is 8.84. The molecule has 2 atom stereocenters. The molecule has 0 bridgehead atoms. The minimum atomic E-state index is -0.981. The number of aliphatic hydroxyl groups is 1. The maximum absolute atomic E-state index is 9.85. The van der Waals surface area contributed by atoms with Gasteiger partial charge in [0.2, 0.25) is 0 Å². The quantitative estimate of drug-likeness (QED) is 0.812. The van der Waals surface area contributed by atoms with E-state index in [0.29, 0.717) is 18.2 Å². The molecule has 0 spiro atoms. The van der Waals surface area contributed by atoms with E-state index in [9.17, 15) is 5.11 Å². The van der Waals surface area contributed by atoms with Crippen LogP contribution in [0.3, 0.4) is 0 Å². The number of halogens is 1. The third-order valence-electron chi connectivity index (χ3n) is 3.15. The smallest absolute Gasteiger partial charge is 0.137 e. The molecule has 0 saturated carbocycles. The van der Waals surface area contributed by atoms with Crippen LogP contribution in [0.1, 0.15) is 52.3 Å². The molecular weight excluding hydrogens is 276 g/mol. The molecular formula is C15H27ClN2O2. The van der Waals surface area contributed by atoms with Crippen molar-refractivity contribution < 1.29 is 9.84 Å². The van der Waals surface area contributed by atoms with E-state index < -0.39 is 11.6 Å². The summed E-state index contributed by atoms with van der Waals surface area (Å²) >= 11 is 0. The van der Waals surface area contributed by atoms with Gasteiger partial charge in [0.15, 0.2) is 0 Å². The number of nitrogens with two attached hydrogens (primary N) is 1. The van der Waals surface area contributed by atoms with Crippen molar-refractivity contribution in [1.29, 1.82) is 0 Å². The maximum Gasteiger partial charge on any atom is 0.137 e. The Bertz CT molecular complexity index is 376. The summed E-state index contributed by atoms with van der Waals surface area (Å²) in [6.45, 7) is 8.40. The summed E-state index contributed by atoms with van der Waals surface area (Å²) < 4.78 is 5.67. The molecule has 0 aliphatic carbocycles. The van der Waals surface area contributed by atoms with Crippen LogP contribution in [0.4, 0.5) is 0 Å². The first-order valence-corrected chi connectivity index (χ1v) is 6.91. The van der Waals surface area contributed by atoms with Crippen molar-refractivity contribution in [2.24, 2.45) is 11.7 Å². The van der Waals surface area contributed by atoms with Crippen molar-refractivity contribution >= 4 is 12.4 Å². The summed E-state index contributed by atoms with van der Waals surface area (Å²) in [5.41, 5.74) is 5.62. The fourth-order valence-electron chi connectivity index (χ4n) is 1.84. The van der Waals surface area contributed by atoms with Crippen LogP contribution in [0.25, 0.3) is 0 Å². The van der Waals surface area contributed by atoms with Gasteiger partial charge in [-0.3, -0.25) is 4.98 Å². The summed E-state index contributed by atoms with van der Waals surface area (Å²) in [6.07, 6.45) is 4.00. The number of hydrogen-bond donors (Lipinski definition) is 2. The Hall–Kier alpha value is -0.840. The van der Waals surface area contributed by atoms with Gasteiger partial charge in [0, 0.05) is 0 Å². The number of nitrogens with zero attached hydrogens (tertiary/aromatic N) is 1. The molecule has 1 aromatic heterocycles. The van der Waals surface area contributed by atoms with Gasteiger partial charge < -0.3 is 15.6 Å². The molecule has 20 heavy (non-hydrogen) atoms. The standard InChI is InChI=1S/C15H26N2O2.ClH/c1-5-6-11(2)10-19-12-7-8-13(17-9-12)14(16)15(3,4)18;/h7-9,11,14,18H,5-6,10,16H2,1-4H3;1H. The van der Waals surface area contributed by atoms with E-state index in [1.807, 2.05) is 12.1 Å². The topological polar surface area (TPSA) is 68.4 Å². The predicted octanol–water partition coefficient (Wildman–Crippen LogP) is 3.09.